The molecule has 1 amide bonds. The highest BCUT2D eigenvalue weighted by Crippen LogP contribution is 2.39. The van der Waals surface area contributed by atoms with Gasteiger partial charge in [-0.25, -0.2) is 10.1 Å². The van der Waals surface area contributed by atoms with E-state index in [2.05, 4.69) is 15.6 Å². The fourth-order valence-electron chi connectivity index (χ4n) is 3.88. The van der Waals surface area contributed by atoms with E-state index in [0.29, 0.717) is 37.1 Å². The minimum absolute atomic E-state index is 0.0192. The molecular formula is C27H31N5O9. The molecule has 0 aliphatic carbocycles. The number of nitro groups is 1. The van der Waals surface area contributed by atoms with Gasteiger partial charge in [0, 0.05) is 17.7 Å². The Bertz CT molecular complexity index is 1480. The number of benzene rings is 2. The summed E-state index contributed by atoms with van der Waals surface area (Å²) in [7, 11) is 1.21. The Morgan fingerprint density at radius 2 is 1.61 bits per heavy atom. The summed E-state index contributed by atoms with van der Waals surface area (Å²) in [6.45, 7) is 7.90. The van der Waals surface area contributed by atoms with Crippen LogP contribution in [0.2, 0.25) is 0 Å². The summed E-state index contributed by atoms with van der Waals surface area (Å²) in [5, 5.41) is 17.9. The lowest BCUT2D eigenvalue weighted by Crippen LogP contribution is -2.24. The molecule has 0 spiro atoms. The average Bonchev–Trinajstić information content (AvgIpc) is 3.28. The normalized spacial score (nSPS) is 11.1. The highest BCUT2D eigenvalue weighted by atomic mass is 16.6. The molecule has 1 heterocycles. The van der Waals surface area contributed by atoms with Crippen LogP contribution >= 0.6 is 0 Å². The first-order valence-corrected chi connectivity index (χ1v) is 12.7. The molecule has 0 fully saturated rings. The Labute approximate surface area is 235 Å². The first kappa shape index (κ1) is 30.4. The number of ether oxygens (including phenoxy) is 4. The molecule has 0 aliphatic rings. The number of nitrogens with zero attached hydrogens (tertiary/aromatic N) is 3. The molecule has 1 aromatic heterocycles. The highest BCUT2D eigenvalue weighted by molar-refractivity contribution is 6.02. The molecule has 14 nitrogen and oxygen atoms in total. The van der Waals surface area contributed by atoms with E-state index < -0.39 is 22.4 Å². The van der Waals surface area contributed by atoms with Gasteiger partial charge in [0.05, 0.1) is 60.9 Å². The Morgan fingerprint density at radius 1 is 1.02 bits per heavy atom. The quantitative estimate of drug-likeness (QED) is 0.135. The Morgan fingerprint density at radius 3 is 2.12 bits per heavy atom. The van der Waals surface area contributed by atoms with Crippen molar-refractivity contribution >= 4 is 23.3 Å². The molecule has 41 heavy (non-hydrogen) atoms. The molecular weight excluding hydrogens is 538 g/mol. The van der Waals surface area contributed by atoms with Crippen molar-refractivity contribution in [2.45, 2.75) is 34.1 Å². The number of esters is 1. The van der Waals surface area contributed by atoms with Gasteiger partial charge in [-0.05, 0) is 52.0 Å². The number of aromatic amines is 1. The van der Waals surface area contributed by atoms with Crippen LogP contribution < -0.4 is 25.2 Å². The predicted molar refractivity (Wildman–Crippen MR) is 148 cm³/mol. The zero-order valence-corrected chi connectivity index (χ0v) is 23.3. The molecule has 0 aliphatic heterocycles. The van der Waals surface area contributed by atoms with E-state index in [-0.39, 0.29) is 40.3 Å². The van der Waals surface area contributed by atoms with E-state index in [9.17, 15) is 24.5 Å². The third-order valence-electron chi connectivity index (χ3n) is 5.69. The summed E-state index contributed by atoms with van der Waals surface area (Å²) in [5.41, 5.74) is 2.43. The molecule has 0 saturated heterocycles. The van der Waals surface area contributed by atoms with Crippen LogP contribution in [0.4, 0.5) is 5.69 Å². The van der Waals surface area contributed by atoms with Crippen molar-refractivity contribution in [1.29, 1.82) is 0 Å². The van der Waals surface area contributed by atoms with Crippen molar-refractivity contribution in [1.82, 2.24) is 15.2 Å². The largest absolute Gasteiger partial charge is 0.490 e. The van der Waals surface area contributed by atoms with Crippen LogP contribution in [-0.2, 0) is 16.0 Å². The van der Waals surface area contributed by atoms with Crippen molar-refractivity contribution < 1.29 is 33.5 Å². The van der Waals surface area contributed by atoms with Crippen LogP contribution in [0.5, 0.6) is 17.2 Å². The van der Waals surface area contributed by atoms with E-state index in [4.69, 9.17) is 18.9 Å². The number of hydrazone groups is 1. The summed E-state index contributed by atoms with van der Waals surface area (Å²) in [6.07, 6.45) is -0.295. The third-order valence-corrected chi connectivity index (χ3v) is 5.69. The topological polar surface area (TPSA) is 176 Å². The molecule has 3 rings (SSSR count). The van der Waals surface area contributed by atoms with Crippen LogP contribution in [0.25, 0.3) is 5.69 Å². The predicted octanol–water partition coefficient (Wildman–Crippen LogP) is 3.14. The number of non-ortho nitro benzene ring substituents is 1. The minimum Gasteiger partial charge on any atom is -0.490 e. The van der Waals surface area contributed by atoms with Gasteiger partial charge in [-0.1, -0.05) is 0 Å². The van der Waals surface area contributed by atoms with Crippen molar-refractivity contribution in [3.05, 3.63) is 73.7 Å². The van der Waals surface area contributed by atoms with Gasteiger partial charge in [0.1, 0.15) is 0 Å². The molecule has 2 aromatic carbocycles. The lowest BCUT2D eigenvalue weighted by atomic mass is 10.1. The zero-order valence-electron chi connectivity index (χ0n) is 23.3. The molecule has 3 aromatic rings. The van der Waals surface area contributed by atoms with Gasteiger partial charge < -0.3 is 18.9 Å². The Kier molecular flexibility index (Phi) is 10.2. The van der Waals surface area contributed by atoms with Gasteiger partial charge in [0.15, 0.2) is 11.5 Å². The first-order chi connectivity index (χ1) is 19.6. The van der Waals surface area contributed by atoms with Crippen molar-refractivity contribution in [2.75, 3.05) is 26.9 Å². The van der Waals surface area contributed by atoms with Crippen LogP contribution in [0.15, 0.2) is 46.3 Å². The number of nitro benzene ring substituents is 1. The molecule has 2 N–H and O–H groups in total. The monoisotopic (exact) mass is 569 g/mol. The maximum atomic E-state index is 13.4. The van der Waals surface area contributed by atoms with Crippen LogP contribution in [0.1, 0.15) is 49.3 Å². The average molecular weight is 570 g/mol. The standard InChI is InChI=1S/C27H31N5O9/c1-6-39-21-13-17(14-22(40-7-2)25(21)41-8-3)26(34)29-28-16(4)24-20(15-23(33)38-5)30-31(27(24)35)18-9-11-19(12-10-18)32(36)37/h9-14,30H,6-8,15H2,1-5H3,(H,29,34)/b28-16+. The van der Waals surface area contributed by atoms with Crippen molar-refractivity contribution in [3.63, 3.8) is 0 Å². The highest BCUT2D eigenvalue weighted by Gasteiger charge is 2.22. The number of nitrogens with one attached hydrogen (secondary N) is 2. The van der Waals surface area contributed by atoms with Gasteiger partial charge in [0.2, 0.25) is 5.75 Å². The van der Waals surface area contributed by atoms with Gasteiger partial charge in [-0.2, -0.15) is 5.10 Å². The maximum Gasteiger partial charge on any atom is 0.311 e. The minimum atomic E-state index is -0.624. The van der Waals surface area contributed by atoms with Gasteiger partial charge >= 0.3 is 5.97 Å². The van der Waals surface area contributed by atoms with E-state index >= 15 is 0 Å². The second-order valence-electron chi connectivity index (χ2n) is 8.37. The van der Waals surface area contributed by atoms with Gasteiger partial charge in [-0.15, -0.1) is 0 Å². The summed E-state index contributed by atoms with van der Waals surface area (Å²) >= 11 is 0. The lowest BCUT2D eigenvalue weighted by molar-refractivity contribution is -0.384. The molecule has 0 radical (unpaired) electrons. The number of carbonyl (C=O) groups excluding carboxylic acids is 2. The summed E-state index contributed by atoms with van der Waals surface area (Å²) in [4.78, 5) is 48.9. The second-order valence-corrected chi connectivity index (χ2v) is 8.37. The summed E-state index contributed by atoms with van der Waals surface area (Å²) < 4.78 is 22.8. The molecule has 0 atom stereocenters. The lowest BCUT2D eigenvalue weighted by Gasteiger charge is -2.16. The SMILES string of the molecule is CCOc1cc(C(=O)N/N=C(\C)c2c(CC(=O)OC)[nH]n(-c3ccc([N+](=O)[O-])cc3)c2=O)cc(OCC)c1OCC. The fourth-order valence-corrected chi connectivity index (χ4v) is 3.88. The first-order valence-electron chi connectivity index (χ1n) is 12.7. The molecule has 0 bridgehead atoms. The Balaban J connectivity index is 1.99. The van der Waals surface area contributed by atoms with Gasteiger partial charge in [-0.3, -0.25) is 29.6 Å². The number of hydrogen-bond acceptors (Lipinski definition) is 10. The van der Waals surface area contributed by atoms with Crippen molar-refractivity contribution in [3.8, 4) is 22.9 Å². The number of carbonyl (C=O) groups is 2. The Hall–Kier alpha value is -5.14. The van der Waals surface area contributed by atoms with Gasteiger partial charge in [0.25, 0.3) is 17.2 Å². The molecule has 218 valence electrons. The van der Waals surface area contributed by atoms with E-state index in [1.165, 1.54) is 50.4 Å². The summed E-state index contributed by atoms with van der Waals surface area (Å²) in [5.74, 6) is -0.221. The number of H-pyrrole nitrogens is 1. The smallest absolute Gasteiger partial charge is 0.311 e. The van der Waals surface area contributed by atoms with Crippen LogP contribution in [0.3, 0.4) is 0 Å². The van der Waals surface area contributed by atoms with Crippen LogP contribution in [-0.4, -0.2) is 59.2 Å². The zero-order chi connectivity index (χ0) is 30.1. The number of aromatic nitrogens is 2. The number of rotatable bonds is 13. The van der Waals surface area contributed by atoms with E-state index in [1.807, 2.05) is 6.92 Å². The van der Waals surface area contributed by atoms with E-state index in [1.54, 1.807) is 13.8 Å². The summed E-state index contributed by atoms with van der Waals surface area (Å²) in [6, 6.07) is 8.25. The van der Waals surface area contributed by atoms with E-state index in [0.717, 1.165) is 4.68 Å². The van der Waals surface area contributed by atoms with Crippen molar-refractivity contribution in [2.24, 2.45) is 5.10 Å². The molecule has 0 unspecified atom stereocenters. The number of hydrogen-bond donors (Lipinski definition) is 2. The fraction of sp³-hybridized carbons (Fsp3) is 0.333. The molecule has 0 saturated carbocycles. The maximum absolute atomic E-state index is 13.4. The molecule has 14 heteroatoms. The van der Waals surface area contributed by atoms with Crippen LogP contribution in [0, 0.1) is 10.1 Å². The number of amides is 1. The number of methoxy groups -OCH3 is 1. The second kappa shape index (κ2) is 13.8. The third kappa shape index (κ3) is 7.09.